The van der Waals surface area contributed by atoms with Crippen LogP contribution in [0.1, 0.15) is 25.7 Å². The largest absolute Gasteiger partial charge is 0.500 e. The van der Waals surface area contributed by atoms with Gasteiger partial charge in [-0.25, -0.2) is 0 Å². The van der Waals surface area contributed by atoms with Gasteiger partial charge in [-0.05, 0) is 6.42 Å². The maximum absolute atomic E-state index is 3.21. The third-order valence-corrected chi connectivity index (χ3v) is 4.39. The summed E-state index contributed by atoms with van der Waals surface area (Å²) in [6.07, 6.45) is 14.5. The first-order valence-corrected chi connectivity index (χ1v) is 9.84. The number of hydrogen-bond acceptors (Lipinski definition) is 0. The standard InChI is InChI=1S/2C10H7.C8H11.Pt/c2*1-2-6-10-8-4-3-7-9(10)5-1;1-2-4-6-8-7-5-3-1;/h2*1-7H;1-2,7H,3-6H2;/q3*-1;. The van der Waals surface area contributed by atoms with Crippen LogP contribution in [0, 0.1) is 18.2 Å². The zero-order chi connectivity index (χ0) is 19.3. The van der Waals surface area contributed by atoms with E-state index in [1.807, 2.05) is 48.5 Å². The van der Waals surface area contributed by atoms with E-state index >= 15 is 0 Å². The molecule has 4 aromatic rings. The van der Waals surface area contributed by atoms with E-state index in [1.165, 1.54) is 40.8 Å². The summed E-state index contributed by atoms with van der Waals surface area (Å²) in [6, 6.07) is 34.8. The second-order valence-corrected chi connectivity index (χ2v) is 6.51. The molecule has 0 unspecified atom stereocenters. The van der Waals surface area contributed by atoms with Gasteiger partial charge < -0.3 is 6.08 Å². The van der Waals surface area contributed by atoms with Gasteiger partial charge in [0, 0.05) is 21.1 Å². The van der Waals surface area contributed by atoms with E-state index in [-0.39, 0.29) is 21.1 Å². The third kappa shape index (κ3) is 8.22. The van der Waals surface area contributed by atoms with Crippen molar-refractivity contribution in [2.24, 2.45) is 0 Å². The summed E-state index contributed by atoms with van der Waals surface area (Å²) in [5.41, 5.74) is 0. The van der Waals surface area contributed by atoms with Gasteiger partial charge in [0.2, 0.25) is 0 Å². The summed E-state index contributed by atoms with van der Waals surface area (Å²) in [4.78, 5) is 0. The molecule has 0 nitrogen and oxygen atoms in total. The fourth-order valence-electron chi connectivity index (χ4n) is 2.91. The van der Waals surface area contributed by atoms with Crippen LogP contribution in [0.3, 0.4) is 0 Å². The minimum absolute atomic E-state index is 0. The van der Waals surface area contributed by atoms with E-state index < -0.39 is 0 Å². The van der Waals surface area contributed by atoms with E-state index in [1.54, 1.807) is 0 Å². The van der Waals surface area contributed by atoms with Crippen molar-refractivity contribution in [2.45, 2.75) is 25.7 Å². The topological polar surface area (TPSA) is 0 Å². The molecule has 0 aromatic heterocycles. The number of allylic oxidation sites excluding steroid dienone is 4. The number of fused-ring (bicyclic) bond motifs is 2. The van der Waals surface area contributed by atoms with Gasteiger partial charge in [-0.1, -0.05) is 49.3 Å². The van der Waals surface area contributed by atoms with Crippen molar-refractivity contribution in [3.63, 3.8) is 0 Å². The smallest absolute Gasteiger partial charge is 0 e. The van der Waals surface area contributed by atoms with Gasteiger partial charge >= 0.3 is 0 Å². The molecule has 0 spiro atoms. The summed E-state index contributed by atoms with van der Waals surface area (Å²) in [6.45, 7) is 0. The molecular weight excluding hydrogens is 531 g/mol. The molecule has 1 heteroatoms. The minimum Gasteiger partial charge on any atom is -0.500 e. The summed E-state index contributed by atoms with van der Waals surface area (Å²) in [5, 5.41) is 4.88. The second kappa shape index (κ2) is 13.7. The van der Waals surface area contributed by atoms with Crippen LogP contribution < -0.4 is 0 Å². The van der Waals surface area contributed by atoms with E-state index in [2.05, 4.69) is 72.8 Å². The van der Waals surface area contributed by atoms with Crippen molar-refractivity contribution in [3.8, 4) is 0 Å². The van der Waals surface area contributed by atoms with Crippen LogP contribution in [-0.2, 0) is 21.1 Å². The van der Waals surface area contributed by atoms with Crippen molar-refractivity contribution in [2.75, 3.05) is 0 Å². The fraction of sp³-hybridized carbons (Fsp3) is 0.143. The Bertz CT molecular complexity index is 802. The van der Waals surface area contributed by atoms with E-state index in [4.69, 9.17) is 0 Å². The maximum Gasteiger partial charge on any atom is 0 e. The molecule has 0 atom stereocenters. The molecule has 0 saturated heterocycles. The van der Waals surface area contributed by atoms with Crippen LogP contribution in [0.25, 0.3) is 21.5 Å². The summed E-state index contributed by atoms with van der Waals surface area (Å²) in [5.74, 6) is 0. The van der Waals surface area contributed by atoms with Crippen LogP contribution in [0.2, 0.25) is 0 Å². The third-order valence-electron chi connectivity index (χ3n) is 4.39. The Morgan fingerprint density at radius 1 is 0.552 bits per heavy atom. The van der Waals surface area contributed by atoms with Crippen LogP contribution in [0.15, 0.2) is 103 Å². The SMILES string of the molecule is [C-]1=CCCC=CCC1.[Pt].[c-]1cccc2ccccc12.[c-]1cccc2ccccc12. The van der Waals surface area contributed by atoms with Gasteiger partial charge in [0.15, 0.2) is 0 Å². The van der Waals surface area contributed by atoms with Crippen molar-refractivity contribution in [1.29, 1.82) is 0 Å². The number of rotatable bonds is 0. The Hall–Kier alpha value is -2.43. The Morgan fingerprint density at radius 2 is 1.07 bits per heavy atom. The van der Waals surface area contributed by atoms with Crippen LogP contribution in [0.5, 0.6) is 0 Å². The molecule has 1 aliphatic rings. The summed E-state index contributed by atoms with van der Waals surface area (Å²) >= 11 is 0. The summed E-state index contributed by atoms with van der Waals surface area (Å²) in [7, 11) is 0. The normalized spacial score (nSPS) is 12.4. The van der Waals surface area contributed by atoms with Gasteiger partial charge in [-0.15, -0.1) is 94.3 Å². The van der Waals surface area contributed by atoms with Gasteiger partial charge in [-0.3, -0.25) is 6.08 Å². The Balaban J connectivity index is 0.000000154. The molecular formula is C28H25Pt-3. The molecule has 150 valence electrons. The first-order valence-electron chi connectivity index (χ1n) is 9.84. The Labute approximate surface area is 189 Å². The van der Waals surface area contributed by atoms with E-state index in [9.17, 15) is 0 Å². The fourth-order valence-corrected chi connectivity index (χ4v) is 2.91. The molecule has 1 aliphatic carbocycles. The number of benzene rings is 4. The first-order chi connectivity index (χ1) is 13.9. The molecule has 4 aromatic carbocycles. The molecule has 0 aliphatic heterocycles. The molecule has 0 N–H and O–H groups in total. The van der Waals surface area contributed by atoms with Gasteiger partial charge in [-0.2, -0.15) is 6.42 Å². The zero-order valence-electron chi connectivity index (χ0n) is 16.5. The average Bonchev–Trinajstić information content (AvgIpc) is 2.74. The molecule has 0 radical (unpaired) electrons. The van der Waals surface area contributed by atoms with Crippen LogP contribution >= 0.6 is 0 Å². The van der Waals surface area contributed by atoms with Gasteiger partial charge in [0.05, 0.1) is 0 Å². The van der Waals surface area contributed by atoms with Gasteiger partial charge in [0.25, 0.3) is 0 Å². The maximum atomic E-state index is 3.21. The minimum atomic E-state index is 0. The Kier molecular flexibility index (Phi) is 10.8. The quantitative estimate of drug-likeness (QED) is 0.153. The second-order valence-electron chi connectivity index (χ2n) is 6.51. The molecule has 29 heavy (non-hydrogen) atoms. The number of hydrogen-bond donors (Lipinski definition) is 0. The molecule has 0 heterocycles. The molecule has 0 saturated carbocycles. The monoisotopic (exact) mass is 556 g/mol. The van der Waals surface area contributed by atoms with Crippen molar-refractivity contribution in [3.05, 3.63) is 121 Å². The molecule has 0 bridgehead atoms. The average molecular weight is 557 g/mol. The van der Waals surface area contributed by atoms with E-state index in [0.29, 0.717) is 0 Å². The predicted octanol–water partition coefficient (Wildman–Crippen LogP) is 7.75. The van der Waals surface area contributed by atoms with Crippen LogP contribution in [0.4, 0.5) is 0 Å². The predicted molar refractivity (Wildman–Crippen MR) is 121 cm³/mol. The zero-order valence-corrected chi connectivity index (χ0v) is 18.7. The first kappa shape index (κ1) is 22.9. The van der Waals surface area contributed by atoms with Gasteiger partial charge in [0.1, 0.15) is 0 Å². The molecule has 5 rings (SSSR count). The van der Waals surface area contributed by atoms with E-state index in [0.717, 1.165) is 6.42 Å². The van der Waals surface area contributed by atoms with Crippen LogP contribution in [-0.4, -0.2) is 0 Å². The van der Waals surface area contributed by atoms with Crippen molar-refractivity contribution >= 4 is 21.5 Å². The summed E-state index contributed by atoms with van der Waals surface area (Å²) < 4.78 is 0. The Morgan fingerprint density at radius 3 is 1.66 bits per heavy atom. The van der Waals surface area contributed by atoms with Crippen molar-refractivity contribution in [1.82, 2.24) is 0 Å². The van der Waals surface area contributed by atoms with Crippen molar-refractivity contribution < 1.29 is 21.1 Å². The molecule has 0 amide bonds. The molecule has 0 fully saturated rings.